The average Bonchev–Trinajstić information content (AvgIpc) is 3.18. The van der Waals surface area contributed by atoms with E-state index in [0.717, 1.165) is 42.4 Å². The fourth-order valence-electron chi connectivity index (χ4n) is 8.26. The molecule has 3 aliphatic rings. The van der Waals surface area contributed by atoms with Crippen molar-refractivity contribution in [1.29, 1.82) is 0 Å². The van der Waals surface area contributed by atoms with Crippen molar-refractivity contribution < 1.29 is 43.5 Å². The first-order valence-corrected chi connectivity index (χ1v) is 18.8. The van der Waals surface area contributed by atoms with Gasteiger partial charge in [-0.3, -0.25) is 0 Å². The molecule has 0 saturated heterocycles. The van der Waals surface area contributed by atoms with Crippen molar-refractivity contribution in [2.45, 2.75) is 69.3 Å². The lowest BCUT2D eigenvalue weighted by atomic mass is 9.55. The van der Waals surface area contributed by atoms with Crippen LogP contribution >= 0.6 is 0 Å². The monoisotopic (exact) mass is 732 g/mol. The van der Waals surface area contributed by atoms with Gasteiger partial charge in [-0.1, -0.05) is 73.1 Å². The minimum absolute atomic E-state index is 0.0685. The van der Waals surface area contributed by atoms with Crippen LogP contribution in [-0.4, -0.2) is 92.5 Å². The molecular weight excluding hydrogens is 676 g/mol. The minimum Gasteiger partial charge on any atom is -0.490 e. The number of hydrogen-bond donors (Lipinski definition) is 2. The topological polar surface area (TPSA) is 129 Å². The SMILES string of the molecule is C=CCOc1ccc2c(c1)C1C(CCCCO)C(CCCCO)C=C3C(=NOC)CC(N(C)C(=O)OCCOCc4ccccc4)C(OCC=C)(O2)C31. The number of aliphatic hydroxyl groups excluding tert-OH is 2. The number of carbonyl (C=O) groups is 1. The number of aliphatic hydroxyl groups is 2. The van der Waals surface area contributed by atoms with E-state index >= 15 is 0 Å². The molecule has 1 heterocycles. The summed E-state index contributed by atoms with van der Waals surface area (Å²) in [6, 6.07) is 15.0. The zero-order valence-corrected chi connectivity index (χ0v) is 31.2. The minimum atomic E-state index is -1.35. The predicted molar refractivity (Wildman–Crippen MR) is 203 cm³/mol. The third-order valence-electron chi connectivity index (χ3n) is 10.5. The van der Waals surface area contributed by atoms with E-state index in [1.54, 1.807) is 24.1 Å². The molecular formula is C42H56N2O9. The highest BCUT2D eigenvalue weighted by Gasteiger charge is 2.65. The molecule has 11 heteroatoms. The van der Waals surface area contributed by atoms with Gasteiger partial charge in [0.25, 0.3) is 0 Å². The van der Waals surface area contributed by atoms with Crippen molar-refractivity contribution in [3.63, 3.8) is 0 Å². The van der Waals surface area contributed by atoms with Crippen LogP contribution in [0.15, 0.2) is 90.6 Å². The molecule has 53 heavy (non-hydrogen) atoms. The maximum atomic E-state index is 13.9. The molecule has 1 saturated carbocycles. The van der Waals surface area contributed by atoms with Gasteiger partial charge in [0.05, 0.1) is 31.5 Å². The molecule has 5 rings (SSSR count). The Balaban J connectivity index is 1.57. The summed E-state index contributed by atoms with van der Waals surface area (Å²) in [6.07, 6.45) is 10.2. The van der Waals surface area contributed by atoms with E-state index in [9.17, 15) is 15.0 Å². The molecule has 1 fully saturated rings. The number of nitrogens with zero attached hydrogens (tertiary/aromatic N) is 2. The summed E-state index contributed by atoms with van der Waals surface area (Å²) in [6.45, 7) is 9.25. The van der Waals surface area contributed by atoms with E-state index in [2.05, 4.69) is 30.5 Å². The molecule has 2 aromatic carbocycles. The predicted octanol–water partition coefficient (Wildman–Crippen LogP) is 6.80. The molecule has 11 nitrogen and oxygen atoms in total. The average molecular weight is 733 g/mol. The molecule has 0 spiro atoms. The van der Waals surface area contributed by atoms with Gasteiger partial charge in [-0.2, -0.15) is 0 Å². The second-order valence-electron chi connectivity index (χ2n) is 13.8. The number of likely N-dealkylation sites (N-methyl/N-ethyl adjacent to an activating group) is 1. The summed E-state index contributed by atoms with van der Waals surface area (Å²) in [5.41, 5.74) is 3.70. The van der Waals surface area contributed by atoms with E-state index in [-0.39, 0.29) is 57.2 Å². The fourth-order valence-corrected chi connectivity index (χ4v) is 8.26. The van der Waals surface area contributed by atoms with E-state index in [1.165, 1.54) is 7.11 Å². The molecule has 2 aromatic rings. The molecule has 0 radical (unpaired) electrons. The normalized spacial score (nSPS) is 24.9. The highest BCUT2D eigenvalue weighted by Crippen LogP contribution is 2.61. The Morgan fingerprint density at radius 2 is 1.77 bits per heavy atom. The molecule has 1 amide bonds. The number of fused-ring (bicyclic) bond motifs is 2. The van der Waals surface area contributed by atoms with Gasteiger partial charge in [-0.15, -0.1) is 6.58 Å². The molecule has 6 atom stereocenters. The molecule has 1 aliphatic heterocycles. The second-order valence-corrected chi connectivity index (χ2v) is 13.8. The van der Waals surface area contributed by atoms with Crippen molar-refractivity contribution in [3.05, 3.63) is 96.6 Å². The van der Waals surface area contributed by atoms with E-state index in [4.69, 9.17) is 28.5 Å². The van der Waals surface area contributed by atoms with Crippen LogP contribution in [0.2, 0.25) is 0 Å². The summed E-state index contributed by atoms with van der Waals surface area (Å²) in [7, 11) is 3.23. The summed E-state index contributed by atoms with van der Waals surface area (Å²) in [4.78, 5) is 20.9. The smallest absolute Gasteiger partial charge is 0.410 e. The first kappa shape index (κ1) is 40.0. The van der Waals surface area contributed by atoms with Crippen LogP contribution in [0.5, 0.6) is 11.5 Å². The standard InChI is InChI=1S/C42H56N2O9/c1-5-22-50-32-18-19-37-35(27-32)39-33(17-11-13-21-46)31(16-10-12-20-45)26-34-36(43-48-4)28-38(42(53-37,40(34)39)52-23-6-2)44(3)41(47)51-25-24-49-29-30-14-8-7-9-15-30/h5-9,14-15,18-19,26-27,31,33,38-40,45-46H,1-2,10-13,16-17,20-25,28-29H2,3-4H3. The van der Waals surface area contributed by atoms with Gasteiger partial charge in [-0.05, 0) is 66.9 Å². The van der Waals surface area contributed by atoms with Gasteiger partial charge >= 0.3 is 6.09 Å². The maximum absolute atomic E-state index is 13.9. The van der Waals surface area contributed by atoms with Crippen LogP contribution in [0.1, 0.15) is 62.0 Å². The summed E-state index contributed by atoms with van der Waals surface area (Å²) in [5.74, 6) is -0.311. The van der Waals surface area contributed by atoms with Crippen LogP contribution < -0.4 is 9.47 Å². The maximum Gasteiger partial charge on any atom is 0.410 e. The molecule has 2 aliphatic carbocycles. The van der Waals surface area contributed by atoms with E-state index in [1.807, 2.05) is 42.5 Å². The van der Waals surface area contributed by atoms with Gasteiger partial charge in [0, 0.05) is 38.2 Å². The molecule has 0 bridgehead atoms. The quantitative estimate of drug-likeness (QED) is 0.0809. The molecule has 2 N–H and O–H groups in total. The Bertz CT molecular complexity index is 1560. The van der Waals surface area contributed by atoms with Crippen molar-refractivity contribution in [3.8, 4) is 11.5 Å². The van der Waals surface area contributed by atoms with Crippen LogP contribution in [-0.2, 0) is 25.7 Å². The lowest BCUT2D eigenvalue weighted by Gasteiger charge is -2.59. The number of carbonyl (C=O) groups excluding carboxylic acids is 1. The third kappa shape index (κ3) is 9.32. The van der Waals surface area contributed by atoms with Crippen molar-refractivity contribution in [2.24, 2.45) is 22.9 Å². The number of benzene rings is 2. The highest BCUT2D eigenvalue weighted by atomic mass is 16.7. The first-order chi connectivity index (χ1) is 25.9. The van der Waals surface area contributed by atoms with E-state index < -0.39 is 23.8 Å². The van der Waals surface area contributed by atoms with Crippen LogP contribution in [0.25, 0.3) is 0 Å². The Kier molecular flexibility index (Phi) is 14.9. The number of ether oxygens (including phenoxy) is 5. The Morgan fingerprint density at radius 3 is 2.49 bits per heavy atom. The number of rotatable bonds is 21. The van der Waals surface area contributed by atoms with Gasteiger partial charge in [-0.25, -0.2) is 4.79 Å². The molecule has 6 unspecified atom stereocenters. The van der Waals surface area contributed by atoms with Crippen molar-refractivity contribution in [2.75, 3.05) is 53.8 Å². The summed E-state index contributed by atoms with van der Waals surface area (Å²) >= 11 is 0. The number of hydrogen-bond acceptors (Lipinski definition) is 10. The number of allylic oxidation sites excluding steroid dienone is 1. The number of amides is 1. The Labute approximate surface area is 313 Å². The van der Waals surface area contributed by atoms with Crippen LogP contribution in [0, 0.1) is 17.8 Å². The van der Waals surface area contributed by atoms with Gasteiger partial charge in [0.15, 0.2) is 0 Å². The number of unbranched alkanes of at least 4 members (excludes halogenated alkanes) is 2. The molecule has 0 aromatic heterocycles. The fraction of sp³-hybridized carbons (Fsp3) is 0.524. The van der Waals surface area contributed by atoms with E-state index in [0.29, 0.717) is 43.3 Å². The third-order valence-corrected chi connectivity index (χ3v) is 10.5. The van der Waals surface area contributed by atoms with Gasteiger partial charge in [0.2, 0.25) is 5.79 Å². The Morgan fingerprint density at radius 1 is 1.02 bits per heavy atom. The molecule has 288 valence electrons. The van der Waals surface area contributed by atoms with Crippen molar-refractivity contribution in [1.82, 2.24) is 4.90 Å². The summed E-state index contributed by atoms with van der Waals surface area (Å²) < 4.78 is 31.5. The van der Waals surface area contributed by atoms with Gasteiger partial charge in [0.1, 0.15) is 37.9 Å². The van der Waals surface area contributed by atoms with Crippen LogP contribution in [0.3, 0.4) is 0 Å². The van der Waals surface area contributed by atoms with Crippen LogP contribution in [0.4, 0.5) is 4.79 Å². The lowest BCUT2D eigenvalue weighted by Crippen LogP contribution is -2.69. The second kappa shape index (κ2) is 19.8. The highest BCUT2D eigenvalue weighted by molar-refractivity contribution is 6.02. The Hall–Kier alpha value is -4.16. The first-order valence-electron chi connectivity index (χ1n) is 18.8. The van der Waals surface area contributed by atoms with Gasteiger partial charge < -0.3 is 43.6 Å². The zero-order chi connectivity index (χ0) is 37.6. The summed E-state index contributed by atoms with van der Waals surface area (Å²) in [5, 5.41) is 24.1. The number of oxime groups is 1. The zero-order valence-electron chi connectivity index (χ0n) is 31.2. The lowest BCUT2D eigenvalue weighted by molar-refractivity contribution is -0.253. The largest absolute Gasteiger partial charge is 0.490 e. The van der Waals surface area contributed by atoms with Crippen molar-refractivity contribution >= 4 is 11.8 Å².